The van der Waals surface area contributed by atoms with Crippen LogP contribution in [0.15, 0.2) is 54.6 Å². The minimum Gasteiger partial charge on any atom is -0.490 e. The lowest BCUT2D eigenvalue weighted by molar-refractivity contribution is 0.0864. The third-order valence-electron chi connectivity index (χ3n) is 6.75. The second kappa shape index (κ2) is 8.06. The number of aryl methyl sites for hydroxylation is 1. The van der Waals surface area contributed by atoms with Crippen LogP contribution in [-0.4, -0.2) is 12.1 Å². The molecule has 2 N–H and O–H groups in total. The molecule has 2 aromatic carbocycles. The summed E-state index contributed by atoms with van der Waals surface area (Å²) in [6, 6.07) is 19.8. The van der Waals surface area contributed by atoms with E-state index in [4.69, 9.17) is 10.5 Å². The molecule has 0 spiro atoms. The van der Waals surface area contributed by atoms with Gasteiger partial charge in [0, 0.05) is 6.04 Å². The summed E-state index contributed by atoms with van der Waals surface area (Å²) in [6.07, 6.45) is 6.27. The molecule has 2 fully saturated rings. The van der Waals surface area contributed by atoms with Crippen LogP contribution in [0.5, 0.6) is 5.75 Å². The molecular weight excluding hydrogens is 330 g/mol. The molecule has 2 saturated carbocycles. The van der Waals surface area contributed by atoms with Crippen LogP contribution in [0.25, 0.3) is 0 Å². The molecule has 144 valence electrons. The quantitative estimate of drug-likeness (QED) is 0.756. The number of benzene rings is 2. The zero-order valence-corrected chi connectivity index (χ0v) is 16.7. The van der Waals surface area contributed by atoms with E-state index in [0.717, 1.165) is 24.5 Å². The van der Waals surface area contributed by atoms with Crippen molar-refractivity contribution in [3.63, 3.8) is 0 Å². The largest absolute Gasteiger partial charge is 0.490 e. The molecule has 0 saturated heterocycles. The topological polar surface area (TPSA) is 35.2 Å². The fourth-order valence-corrected chi connectivity index (χ4v) is 5.51. The van der Waals surface area contributed by atoms with E-state index in [2.05, 4.69) is 68.4 Å². The van der Waals surface area contributed by atoms with E-state index in [0.29, 0.717) is 29.9 Å². The fourth-order valence-electron chi connectivity index (χ4n) is 5.51. The van der Waals surface area contributed by atoms with E-state index in [-0.39, 0.29) is 0 Å². The van der Waals surface area contributed by atoms with Crippen molar-refractivity contribution >= 4 is 0 Å². The van der Waals surface area contributed by atoms with E-state index in [9.17, 15) is 0 Å². The van der Waals surface area contributed by atoms with Crippen molar-refractivity contribution in [3.8, 4) is 5.75 Å². The maximum atomic E-state index is 6.55. The summed E-state index contributed by atoms with van der Waals surface area (Å²) >= 11 is 0. The first-order valence-electron chi connectivity index (χ1n) is 10.6. The van der Waals surface area contributed by atoms with Crippen LogP contribution in [0.4, 0.5) is 0 Å². The Balaban J connectivity index is 1.56. The van der Waals surface area contributed by atoms with Gasteiger partial charge in [-0.3, -0.25) is 0 Å². The smallest absolute Gasteiger partial charge is 0.119 e. The number of para-hydroxylation sites is 1. The Hall–Kier alpha value is -1.80. The Labute approximate surface area is 164 Å². The first kappa shape index (κ1) is 18.6. The van der Waals surface area contributed by atoms with Crippen molar-refractivity contribution < 1.29 is 4.74 Å². The fraction of sp³-hybridized carbons (Fsp3) is 0.520. The van der Waals surface area contributed by atoms with E-state index in [1.807, 2.05) is 0 Å². The van der Waals surface area contributed by atoms with Gasteiger partial charge in [0.1, 0.15) is 11.9 Å². The molecule has 2 aliphatic carbocycles. The lowest BCUT2D eigenvalue weighted by Gasteiger charge is -2.37. The molecule has 0 aliphatic heterocycles. The van der Waals surface area contributed by atoms with Gasteiger partial charge in [-0.25, -0.2) is 0 Å². The van der Waals surface area contributed by atoms with Gasteiger partial charge in [0.05, 0.1) is 0 Å². The number of hydrogen-bond acceptors (Lipinski definition) is 2. The molecule has 0 aromatic heterocycles. The van der Waals surface area contributed by atoms with E-state index in [1.54, 1.807) is 0 Å². The van der Waals surface area contributed by atoms with Gasteiger partial charge in [0.2, 0.25) is 0 Å². The maximum absolute atomic E-state index is 6.55. The van der Waals surface area contributed by atoms with Gasteiger partial charge in [-0.15, -0.1) is 0 Å². The minimum atomic E-state index is 0.293. The first-order valence-corrected chi connectivity index (χ1v) is 10.6. The molecule has 0 radical (unpaired) electrons. The number of rotatable bonds is 4. The van der Waals surface area contributed by atoms with Gasteiger partial charge in [-0.05, 0) is 80.4 Å². The van der Waals surface area contributed by atoms with Gasteiger partial charge in [0.15, 0.2) is 0 Å². The van der Waals surface area contributed by atoms with Gasteiger partial charge in [-0.2, -0.15) is 0 Å². The molecule has 2 aliphatic rings. The van der Waals surface area contributed by atoms with Crippen LogP contribution in [0.1, 0.15) is 56.1 Å². The molecule has 0 heterocycles. The summed E-state index contributed by atoms with van der Waals surface area (Å²) < 4.78 is 6.55. The lowest BCUT2D eigenvalue weighted by Crippen LogP contribution is -2.38. The number of ether oxygens (including phenoxy) is 1. The molecule has 27 heavy (non-hydrogen) atoms. The Morgan fingerprint density at radius 1 is 0.852 bits per heavy atom. The van der Waals surface area contributed by atoms with E-state index >= 15 is 0 Å². The Morgan fingerprint density at radius 3 is 2.30 bits per heavy atom. The Morgan fingerprint density at radius 2 is 1.59 bits per heavy atom. The third kappa shape index (κ3) is 4.38. The first-order chi connectivity index (χ1) is 13.1. The standard InChI is InChI=1S/C25H33NO/c1-17-8-10-19(11-9-17)20-15-24(21-12-18(2)13-22(26)14-21)25(16-20)27-23-6-4-3-5-7-23/h3-11,18,20-22,24-25H,12-16,26H2,1-2H3. The molecule has 2 heteroatoms. The van der Waals surface area contributed by atoms with Crippen LogP contribution < -0.4 is 10.5 Å². The summed E-state index contributed by atoms with van der Waals surface area (Å²) in [5.74, 6) is 3.62. The monoisotopic (exact) mass is 363 g/mol. The lowest BCUT2D eigenvalue weighted by atomic mass is 9.72. The zero-order chi connectivity index (χ0) is 18.8. The van der Waals surface area contributed by atoms with Crippen LogP contribution in [0.2, 0.25) is 0 Å². The highest BCUT2D eigenvalue weighted by atomic mass is 16.5. The zero-order valence-electron chi connectivity index (χ0n) is 16.7. The van der Waals surface area contributed by atoms with Crippen LogP contribution >= 0.6 is 0 Å². The van der Waals surface area contributed by atoms with Crippen LogP contribution in [0, 0.1) is 24.7 Å². The van der Waals surface area contributed by atoms with Gasteiger partial charge >= 0.3 is 0 Å². The predicted octanol–water partition coefficient (Wildman–Crippen LogP) is 5.70. The molecule has 4 rings (SSSR count). The van der Waals surface area contributed by atoms with Crippen LogP contribution in [-0.2, 0) is 0 Å². The Kier molecular flexibility index (Phi) is 5.54. The normalized spacial score (nSPS) is 33.7. The summed E-state index contributed by atoms with van der Waals surface area (Å²) in [4.78, 5) is 0. The van der Waals surface area contributed by atoms with Gasteiger partial charge in [-0.1, -0.05) is 55.0 Å². The Bertz CT molecular complexity index is 716. The highest BCUT2D eigenvalue weighted by Gasteiger charge is 2.42. The molecule has 2 nitrogen and oxygen atoms in total. The predicted molar refractivity (Wildman–Crippen MR) is 112 cm³/mol. The summed E-state index contributed by atoms with van der Waals surface area (Å²) in [5.41, 5.74) is 9.20. The SMILES string of the molecule is Cc1ccc(C2CC(Oc3ccccc3)C(C3CC(C)CC(N)C3)C2)cc1. The number of hydrogen-bond donors (Lipinski definition) is 1. The molecule has 0 bridgehead atoms. The van der Waals surface area contributed by atoms with Crippen molar-refractivity contribution in [2.75, 3.05) is 0 Å². The number of nitrogens with two attached hydrogens (primary N) is 1. The van der Waals surface area contributed by atoms with Gasteiger partial charge < -0.3 is 10.5 Å². The van der Waals surface area contributed by atoms with Crippen molar-refractivity contribution in [1.29, 1.82) is 0 Å². The highest BCUT2D eigenvalue weighted by Crippen LogP contribution is 2.47. The second-order valence-corrected chi connectivity index (χ2v) is 9.04. The minimum absolute atomic E-state index is 0.293. The van der Waals surface area contributed by atoms with E-state index in [1.165, 1.54) is 30.4 Å². The van der Waals surface area contributed by atoms with Crippen molar-refractivity contribution in [2.45, 2.75) is 64.0 Å². The average Bonchev–Trinajstić information content (AvgIpc) is 3.06. The maximum Gasteiger partial charge on any atom is 0.119 e. The second-order valence-electron chi connectivity index (χ2n) is 9.04. The molecule has 6 atom stereocenters. The molecule has 2 aromatic rings. The summed E-state index contributed by atoms with van der Waals surface area (Å²) in [7, 11) is 0. The van der Waals surface area contributed by atoms with E-state index < -0.39 is 0 Å². The molecule has 0 amide bonds. The van der Waals surface area contributed by atoms with Crippen molar-refractivity contribution in [1.82, 2.24) is 0 Å². The van der Waals surface area contributed by atoms with Crippen LogP contribution in [0.3, 0.4) is 0 Å². The molecule has 6 unspecified atom stereocenters. The molecular formula is C25H33NO. The summed E-state index contributed by atoms with van der Waals surface area (Å²) in [5, 5.41) is 0. The van der Waals surface area contributed by atoms with Crippen molar-refractivity contribution in [3.05, 3.63) is 65.7 Å². The average molecular weight is 364 g/mol. The third-order valence-corrected chi connectivity index (χ3v) is 6.75. The summed E-state index contributed by atoms with van der Waals surface area (Å²) in [6.45, 7) is 4.53. The highest BCUT2D eigenvalue weighted by molar-refractivity contribution is 5.27. The van der Waals surface area contributed by atoms with Crippen molar-refractivity contribution in [2.24, 2.45) is 23.5 Å². The van der Waals surface area contributed by atoms with Gasteiger partial charge in [0.25, 0.3) is 0 Å².